The number of thiazole rings is 1. The van der Waals surface area contributed by atoms with E-state index in [-0.39, 0.29) is 0 Å². The Morgan fingerprint density at radius 3 is 2.82 bits per heavy atom. The summed E-state index contributed by atoms with van der Waals surface area (Å²) in [6, 6.07) is 10.1. The first kappa shape index (κ1) is 10.3. The van der Waals surface area contributed by atoms with E-state index in [0.717, 1.165) is 22.2 Å². The predicted octanol–water partition coefficient (Wildman–Crippen LogP) is 3.08. The Labute approximate surface area is 103 Å². The highest BCUT2D eigenvalue weighted by molar-refractivity contribution is 7.22. The molecule has 3 rings (SSSR count). The molecule has 0 aliphatic carbocycles. The first-order valence-electron chi connectivity index (χ1n) is 5.35. The summed E-state index contributed by atoms with van der Waals surface area (Å²) in [5, 5.41) is 8.46. The number of fused-ring (bicyclic) bond motifs is 1. The molecule has 0 aliphatic rings. The molecule has 0 spiro atoms. The van der Waals surface area contributed by atoms with Crippen LogP contribution in [-0.4, -0.2) is 14.8 Å². The molecular formula is C12H12N4S. The van der Waals surface area contributed by atoms with Gasteiger partial charge < -0.3 is 5.32 Å². The Kier molecular flexibility index (Phi) is 2.33. The maximum Gasteiger partial charge on any atom is 0.189 e. The number of nitrogens with one attached hydrogen (secondary N) is 1. The van der Waals surface area contributed by atoms with Crippen LogP contribution in [0.5, 0.6) is 0 Å². The van der Waals surface area contributed by atoms with Crippen molar-refractivity contribution in [3.8, 4) is 0 Å². The number of hydrogen-bond acceptors (Lipinski definition) is 4. The molecule has 1 N–H and O–H groups in total. The van der Waals surface area contributed by atoms with Crippen molar-refractivity contribution >= 4 is 32.5 Å². The van der Waals surface area contributed by atoms with E-state index in [9.17, 15) is 0 Å². The van der Waals surface area contributed by atoms with Gasteiger partial charge in [-0.25, -0.2) is 4.98 Å². The molecule has 1 aromatic carbocycles. The predicted molar refractivity (Wildman–Crippen MR) is 70.8 cm³/mol. The lowest BCUT2D eigenvalue weighted by atomic mass is 10.3. The van der Waals surface area contributed by atoms with Crippen LogP contribution in [0.3, 0.4) is 0 Å². The van der Waals surface area contributed by atoms with Crippen molar-refractivity contribution in [2.24, 2.45) is 7.05 Å². The quantitative estimate of drug-likeness (QED) is 0.753. The van der Waals surface area contributed by atoms with Crippen LogP contribution in [0.15, 0.2) is 30.3 Å². The summed E-state index contributed by atoms with van der Waals surface area (Å²) < 4.78 is 3.03. The summed E-state index contributed by atoms with van der Waals surface area (Å²) in [4.78, 5) is 4.51. The van der Waals surface area contributed by atoms with E-state index in [4.69, 9.17) is 0 Å². The Morgan fingerprint density at radius 2 is 2.12 bits per heavy atom. The van der Waals surface area contributed by atoms with Gasteiger partial charge in [-0.3, -0.25) is 4.68 Å². The van der Waals surface area contributed by atoms with E-state index < -0.39 is 0 Å². The molecule has 4 nitrogen and oxygen atoms in total. The SMILES string of the molecule is Cc1cc(Nc2nc3ccccc3s2)nn1C. The molecule has 2 heterocycles. The number of aryl methyl sites for hydroxylation is 2. The lowest BCUT2D eigenvalue weighted by molar-refractivity contribution is 0.743. The molecule has 2 aromatic heterocycles. The van der Waals surface area contributed by atoms with Crippen molar-refractivity contribution in [3.63, 3.8) is 0 Å². The molecule has 0 amide bonds. The zero-order valence-corrected chi connectivity index (χ0v) is 10.5. The number of anilines is 2. The number of aromatic nitrogens is 3. The van der Waals surface area contributed by atoms with Crippen LogP contribution in [0.2, 0.25) is 0 Å². The molecule has 0 radical (unpaired) electrons. The molecule has 0 atom stereocenters. The second kappa shape index (κ2) is 3.85. The van der Waals surface area contributed by atoms with Crippen molar-refractivity contribution in [2.45, 2.75) is 6.92 Å². The highest BCUT2D eigenvalue weighted by Gasteiger charge is 2.05. The van der Waals surface area contributed by atoms with Crippen LogP contribution in [0.4, 0.5) is 10.9 Å². The summed E-state index contributed by atoms with van der Waals surface area (Å²) in [6.45, 7) is 2.02. The Hall–Kier alpha value is -1.88. The summed E-state index contributed by atoms with van der Waals surface area (Å²) >= 11 is 1.64. The largest absolute Gasteiger partial charge is 0.315 e. The fraction of sp³-hybridized carbons (Fsp3) is 0.167. The minimum atomic E-state index is 0.837. The molecular weight excluding hydrogens is 232 g/mol. The monoisotopic (exact) mass is 244 g/mol. The van der Waals surface area contributed by atoms with Gasteiger partial charge in [0.2, 0.25) is 0 Å². The zero-order valence-electron chi connectivity index (χ0n) is 9.64. The first-order chi connectivity index (χ1) is 8.22. The van der Waals surface area contributed by atoms with Crippen molar-refractivity contribution < 1.29 is 0 Å². The second-order valence-corrected chi connectivity index (χ2v) is 4.94. The zero-order chi connectivity index (χ0) is 11.8. The summed E-state index contributed by atoms with van der Waals surface area (Å²) in [5.41, 5.74) is 2.14. The number of rotatable bonds is 2. The van der Waals surface area contributed by atoms with Gasteiger partial charge in [0.25, 0.3) is 0 Å². The number of benzene rings is 1. The minimum Gasteiger partial charge on any atom is -0.315 e. The smallest absolute Gasteiger partial charge is 0.189 e. The fourth-order valence-electron chi connectivity index (χ4n) is 1.66. The van der Waals surface area contributed by atoms with Crippen LogP contribution in [0.25, 0.3) is 10.2 Å². The average molecular weight is 244 g/mol. The lowest BCUT2D eigenvalue weighted by Gasteiger charge is -1.94. The van der Waals surface area contributed by atoms with E-state index in [1.165, 1.54) is 4.70 Å². The van der Waals surface area contributed by atoms with Gasteiger partial charge in [-0.1, -0.05) is 23.5 Å². The van der Waals surface area contributed by atoms with Crippen LogP contribution in [-0.2, 0) is 7.05 Å². The minimum absolute atomic E-state index is 0.837. The van der Waals surface area contributed by atoms with Crippen LogP contribution >= 0.6 is 11.3 Å². The van der Waals surface area contributed by atoms with E-state index in [0.29, 0.717) is 0 Å². The van der Waals surface area contributed by atoms with E-state index in [2.05, 4.69) is 21.5 Å². The van der Waals surface area contributed by atoms with E-state index in [1.54, 1.807) is 11.3 Å². The number of hydrogen-bond donors (Lipinski definition) is 1. The third-order valence-electron chi connectivity index (χ3n) is 2.64. The molecule has 5 heteroatoms. The van der Waals surface area contributed by atoms with Gasteiger partial charge in [-0.05, 0) is 19.1 Å². The van der Waals surface area contributed by atoms with Gasteiger partial charge in [0.1, 0.15) is 0 Å². The Bertz CT molecular complexity index is 616. The third kappa shape index (κ3) is 1.89. The van der Waals surface area contributed by atoms with Gasteiger partial charge in [0, 0.05) is 18.8 Å². The van der Waals surface area contributed by atoms with E-state index >= 15 is 0 Å². The topological polar surface area (TPSA) is 42.7 Å². The second-order valence-electron chi connectivity index (χ2n) is 3.91. The molecule has 0 saturated heterocycles. The molecule has 17 heavy (non-hydrogen) atoms. The van der Waals surface area contributed by atoms with Crippen LogP contribution in [0, 0.1) is 6.92 Å². The van der Waals surface area contributed by atoms with Crippen molar-refractivity contribution in [3.05, 3.63) is 36.0 Å². The molecule has 0 bridgehead atoms. The number of nitrogens with zero attached hydrogens (tertiary/aromatic N) is 3. The van der Waals surface area contributed by atoms with Crippen LogP contribution < -0.4 is 5.32 Å². The Morgan fingerprint density at radius 1 is 1.29 bits per heavy atom. The maximum atomic E-state index is 4.51. The molecule has 0 fully saturated rings. The number of para-hydroxylation sites is 1. The van der Waals surface area contributed by atoms with Crippen molar-refractivity contribution in [1.82, 2.24) is 14.8 Å². The summed E-state index contributed by atoms with van der Waals surface area (Å²) in [5.74, 6) is 0.837. The van der Waals surface area contributed by atoms with E-state index in [1.807, 2.05) is 42.9 Å². The first-order valence-corrected chi connectivity index (χ1v) is 6.17. The highest BCUT2D eigenvalue weighted by atomic mass is 32.1. The van der Waals surface area contributed by atoms with Crippen molar-refractivity contribution in [2.75, 3.05) is 5.32 Å². The van der Waals surface area contributed by atoms with Crippen LogP contribution in [0.1, 0.15) is 5.69 Å². The highest BCUT2D eigenvalue weighted by Crippen LogP contribution is 2.27. The molecule has 0 unspecified atom stereocenters. The third-order valence-corrected chi connectivity index (χ3v) is 3.59. The molecule has 0 saturated carbocycles. The van der Waals surface area contributed by atoms with Gasteiger partial charge in [-0.2, -0.15) is 5.10 Å². The lowest BCUT2D eigenvalue weighted by Crippen LogP contribution is -1.94. The van der Waals surface area contributed by atoms with Gasteiger partial charge in [0.05, 0.1) is 10.2 Å². The maximum absolute atomic E-state index is 4.51. The van der Waals surface area contributed by atoms with Gasteiger partial charge >= 0.3 is 0 Å². The van der Waals surface area contributed by atoms with Gasteiger partial charge in [-0.15, -0.1) is 0 Å². The molecule has 0 aliphatic heterocycles. The average Bonchev–Trinajstić information content (AvgIpc) is 2.83. The molecule has 3 aromatic rings. The van der Waals surface area contributed by atoms with Gasteiger partial charge in [0.15, 0.2) is 10.9 Å². The summed E-state index contributed by atoms with van der Waals surface area (Å²) in [6.07, 6.45) is 0. The molecule has 86 valence electrons. The standard InChI is InChI=1S/C12H12N4S/c1-8-7-11(15-16(8)2)14-12-13-9-5-3-4-6-10(9)17-12/h3-7H,1-2H3,(H,13,14,15). The normalized spacial score (nSPS) is 10.9. The van der Waals surface area contributed by atoms with Crippen molar-refractivity contribution in [1.29, 1.82) is 0 Å². The Balaban J connectivity index is 1.94. The summed E-state index contributed by atoms with van der Waals surface area (Å²) in [7, 11) is 1.93. The fourth-order valence-corrected chi connectivity index (χ4v) is 2.53.